The quantitative estimate of drug-likeness (QED) is 0.420. The van der Waals surface area contributed by atoms with Crippen LogP contribution in [0.2, 0.25) is 5.02 Å². The SMILES string of the molecule is COc1ccccc1-c1nc(CNCc2ccc(F)cc2)cn1-c1ccc(Cl)cc1. The molecule has 152 valence electrons. The van der Waals surface area contributed by atoms with Gasteiger partial charge in [0.15, 0.2) is 0 Å². The first kappa shape index (κ1) is 20.1. The Morgan fingerprint density at radius 1 is 0.967 bits per heavy atom. The summed E-state index contributed by atoms with van der Waals surface area (Å²) in [4.78, 5) is 4.86. The average Bonchev–Trinajstić information content (AvgIpc) is 3.19. The monoisotopic (exact) mass is 421 g/mol. The second-order valence-corrected chi connectivity index (χ2v) is 7.27. The van der Waals surface area contributed by atoms with Gasteiger partial charge in [-0.05, 0) is 54.1 Å². The first-order valence-corrected chi connectivity index (χ1v) is 9.94. The smallest absolute Gasteiger partial charge is 0.148 e. The van der Waals surface area contributed by atoms with Crippen molar-refractivity contribution in [3.8, 4) is 22.8 Å². The number of nitrogens with one attached hydrogen (secondary N) is 1. The van der Waals surface area contributed by atoms with Gasteiger partial charge in [-0.25, -0.2) is 9.37 Å². The van der Waals surface area contributed by atoms with Crippen molar-refractivity contribution in [2.24, 2.45) is 0 Å². The summed E-state index contributed by atoms with van der Waals surface area (Å²) < 4.78 is 20.7. The van der Waals surface area contributed by atoms with Crippen LogP contribution in [0.4, 0.5) is 4.39 Å². The lowest BCUT2D eigenvalue weighted by Crippen LogP contribution is -2.12. The molecule has 0 saturated carbocycles. The Bertz CT molecular complexity index is 1120. The number of benzene rings is 3. The molecule has 1 heterocycles. The van der Waals surface area contributed by atoms with Crippen molar-refractivity contribution in [1.29, 1.82) is 0 Å². The third-order valence-corrected chi connectivity index (χ3v) is 5.01. The van der Waals surface area contributed by atoms with E-state index in [0.717, 1.165) is 34.1 Å². The molecule has 0 radical (unpaired) electrons. The van der Waals surface area contributed by atoms with Crippen LogP contribution in [-0.4, -0.2) is 16.7 Å². The number of nitrogens with zero attached hydrogens (tertiary/aromatic N) is 2. The average molecular weight is 422 g/mol. The summed E-state index contributed by atoms with van der Waals surface area (Å²) in [7, 11) is 1.65. The number of rotatable bonds is 7. The largest absolute Gasteiger partial charge is 0.496 e. The molecule has 0 saturated heterocycles. The normalized spacial score (nSPS) is 10.9. The summed E-state index contributed by atoms with van der Waals surface area (Å²) in [6, 6.07) is 21.9. The van der Waals surface area contributed by atoms with Gasteiger partial charge in [-0.3, -0.25) is 4.57 Å². The van der Waals surface area contributed by atoms with Crippen molar-refractivity contribution in [2.75, 3.05) is 7.11 Å². The van der Waals surface area contributed by atoms with Crippen molar-refractivity contribution in [3.05, 3.63) is 101 Å². The number of methoxy groups -OCH3 is 1. The van der Waals surface area contributed by atoms with Crippen LogP contribution in [0.1, 0.15) is 11.3 Å². The highest BCUT2D eigenvalue weighted by molar-refractivity contribution is 6.30. The summed E-state index contributed by atoms with van der Waals surface area (Å²) in [6.45, 7) is 1.19. The fourth-order valence-corrected chi connectivity index (χ4v) is 3.40. The van der Waals surface area contributed by atoms with Gasteiger partial charge >= 0.3 is 0 Å². The molecule has 6 heteroatoms. The minimum absolute atomic E-state index is 0.234. The molecule has 0 fully saturated rings. The van der Waals surface area contributed by atoms with Gasteiger partial charge in [0, 0.05) is 30.0 Å². The van der Waals surface area contributed by atoms with E-state index in [4.69, 9.17) is 21.3 Å². The lowest BCUT2D eigenvalue weighted by atomic mass is 10.2. The van der Waals surface area contributed by atoms with E-state index in [-0.39, 0.29) is 5.82 Å². The first-order valence-electron chi connectivity index (χ1n) is 9.57. The van der Waals surface area contributed by atoms with Crippen molar-refractivity contribution in [1.82, 2.24) is 14.9 Å². The molecule has 0 amide bonds. The van der Waals surface area contributed by atoms with Gasteiger partial charge in [0.05, 0.1) is 18.4 Å². The fourth-order valence-electron chi connectivity index (χ4n) is 3.27. The molecule has 0 atom stereocenters. The van der Waals surface area contributed by atoms with Gasteiger partial charge in [0.25, 0.3) is 0 Å². The zero-order chi connectivity index (χ0) is 20.9. The number of aromatic nitrogens is 2. The number of ether oxygens (including phenoxy) is 1. The zero-order valence-corrected chi connectivity index (χ0v) is 17.2. The number of hydrogen-bond donors (Lipinski definition) is 1. The Hall–Kier alpha value is -3.15. The van der Waals surface area contributed by atoms with E-state index in [9.17, 15) is 4.39 Å². The number of imidazole rings is 1. The molecule has 4 aromatic rings. The predicted octanol–water partition coefficient (Wildman–Crippen LogP) is 5.63. The van der Waals surface area contributed by atoms with Crippen molar-refractivity contribution in [2.45, 2.75) is 13.1 Å². The molecule has 0 unspecified atom stereocenters. The van der Waals surface area contributed by atoms with E-state index in [2.05, 4.69) is 5.32 Å². The van der Waals surface area contributed by atoms with E-state index in [1.807, 2.05) is 59.3 Å². The van der Waals surface area contributed by atoms with E-state index in [1.54, 1.807) is 19.2 Å². The maximum absolute atomic E-state index is 13.1. The van der Waals surface area contributed by atoms with Crippen molar-refractivity contribution >= 4 is 11.6 Å². The molecule has 0 bridgehead atoms. The minimum Gasteiger partial charge on any atom is -0.496 e. The maximum atomic E-state index is 13.1. The topological polar surface area (TPSA) is 39.1 Å². The summed E-state index contributed by atoms with van der Waals surface area (Å²) in [5, 5.41) is 4.05. The van der Waals surface area contributed by atoms with Gasteiger partial charge in [-0.15, -0.1) is 0 Å². The molecule has 3 aromatic carbocycles. The van der Waals surface area contributed by atoms with Crippen LogP contribution in [0.3, 0.4) is 0 Å². The highest BCUT2D eigenvalue weighted by Crippen LogP contribution is 2.31. The lowest BCUT2D eigenvalue weighted by Gasteiger charge is -2.11. The molecule has 1 aromatic heterocycles. The van der Waals surface area contributed by atoms with Crippen LogP contribution in [0.5, 0.6) is 5.75 Å². The lowest BCUT2D eigenvalue weighted by molar-refractivity contribution is 0.416. The highest BCUT2D eigenvalue weighted by Gasteiger charge is 2.15. The third-order valence-electron chi connectivity index (χ3n) is 4.76. The van der Waals surface area contributed by atoms with Crippen LogP contribution in [0.15, 0.2) is 79.0 Å². The van der Waals surface area contributed by atoms with Gasteiger partial charge in [0.2, 0.25) is 0 Å². The standard InChI is InChI=1S/C24H21ClFN3O/c1-30-23-5-3-2-4-22(23)24-28-20(15-27-14-17-6-10-19(26)11-7-17)16-29(24)21-12-8-18(25)9-13-21/h2-13,16,27H,14-15H2,1H3. The zero-order valence-electron chi connectivity index (χ0n) is 16.5. The van der Waals surface area contributed by atoms with Gasteiger partial charge in [0.1, 0.15) is 17.4 Å². The highest BCUT2D eigenvalue weighted by atomic mass is 35.5. The molecule has 1 N–H and O–H groups in total. The van der Waals surface area contributed by atoms with Gasteiger partial charge in [-0.1, -0.05) is 35.9 Å². The minimum atomic E-state index is -0.234. The van der Waals surface area contributed by atoms with E-state index >= 15 is 0 Å². The Labute approximate surface area is 179 Å². The summed E-state index contributed by atoms with van der Waals surface area (Å²) in [6.07, 6.45) is 2.00. The Balaban J connectivity index is 1.63. The number of hydrogen-bond acceptors (Lipinski definition) is 3. The molecular weight excluding hydrogens is 401 g/mol. The van der Waals surface area contributed by atoms with Crippen molar-refractivity contribution < 1.29 is 9.13 Å². The maximum Gasteiger partial charge on any atom is 0.148 e. The number of halogens is 2. The van der Waals surface area contributed by atoms with E-state index in [1.165, 1.54) is 12.1 Å². The molecule has 0 spiro atoms. The Kier molecular flexibility index (Phi) is 6.12. The fraction of sp³-hybridized carbons (Fsp3) is 0.125. The summed E-state index contributed by atoms with van der Waals surface area (Å²) >= 11 is 6.07. The molecule has 30 heavy (non-hydrogen) atoms. The van der Waals surface area contributed by atoms with Crippen LogP contribution in [0, 0.1) is 5.82 Å². The first-order chi connectivity index (χ1) is 14.6. The van der Waals surface area contributed by atoms with Gasteiger partial charge < -0.3 is 10.1 Å². The molecule has 0 aliphatic heterocycles. The van der Waals surface area contributed by atoms with Crippen LogP contribution in [-0.2, 0) is 13.1 Å². The van der Waals surface area contributed by atoms with Crippen LogP contribution >= 0.6 is 11.6 Å². The Morgan fingerprint density at radius 2 is 1.70 bits per heavy atom. The second-order valence-electron chi connectivity index (χ2n) is 6.83. The van der Waals surface area contributed by atoms with E-state index in [0.29, 0.717) is 18.1 Å². The van der Waals surface area contributed by atoms with Crippen LogP contribution < -0.4 is 10.1 Å². The summed E-state index contributed by atoms with van der Waals surface area (Å²) in [5.41, 5.74) is 3.75. The number of para-hydroxylation sites is 1. The molecule has 0 aliphatic rings. The Morgan fingerprint density at radius 3 is 2.43 bits per heavy atom. The molecule has 4 rings (SSSR count). The predicted molar refractivity (Wildman–Crippen MR) is 118 cm³/mol. The van der Waals surface area contributed by atoms with Crippen LogP contribution in [0.25, 0.3) is 17.1 Å². The second kappa shape index (κ2) is 9.11. The molecule has 4 nitrogen and oxygen atoms in total. The van der Waals surface area contributed by atoms with E-state index < -0.39 is 0 Å². The molecule has 0 aliphatic carbocycles. The molecular formula is C24H21ClFN3O. The van der Waals surface area contributed by atoms with Gasteiger partial charge in [-0.2, -0.15) is 0 Å². The summed E-state index contributed by atoms with van der Waals surface area (Å²) in [5.74, 6) is 1.30. The van der Waals surface area contributed by atoms with Crippen molar-refractivity contribution in [3.63, 3.8) is 0 Å². The third kappa shape index (κ3) is 4.53.